The molecule has 0 bridgehead atoms. The Morgan fingerprint density at radius 3 is 2.72 bits per heavy atom. The van der Waals surface area contributed by atoms with Crippen LogP contribution >= 0.6 is 0 Å². The van der Waals surface area contributed by atoms with Crippen molar-refractivity contribution in [2.75, 3.05) is 13.6 Å². The van der Waals surface area contributed by atoms with Crippen molar-refractivity contribution in [2.45, 2.75) is 13.0 Å². The molecular weight excluding hydrogens is 324 g/mol. The van der Waals surface area contributed by atoms with E-state index in [9.17, 15) is 8.78 Å². The van der Waals surface area contributed by atoms with E-state index in [1.54, 1.807) is 7.05 Å². The van der Waals surface area contributed by atoms with E-state index in [1.165, 1.54) is 6.07 Å². The van der Waals surface area contributed by atoms with Crippen LogP contribution in [0.2, 0.25) is 0 Å². The minimum atomic E-state index is -0.467. The molecule has 0 aliphatic rings. The van der Waals surface area contributed by atoms with Gasteiger partial charge in [0.15, 0.2) is 5.96 Å². The van der Waals surface area contributed by atoms with E-state index in [0.717, 1.165) is 28.9 Å². The van der Waals surface area contributed by atoms with Crippen LogP contribution in [0.5, 0.6) is 0 Å². The van der Waals surface area contributed by atoms with E-state index < -0.39 is 11.6 Å². The van der Waals surface area contributed by atoms with Crippen LogP contribution in [0.4, 0.5) is 8.78 Å². The van der Waals surface area contributed by atoms with E-state index in [2.05, 4.69) is 15.6 Å². The maximum atomic E-state index is 13.6. The molecule has 0 saturated heterocycles. The predicted octanol–water partition coefficient (Wildman–Crippen LogP) is 3.62. The number of hydrogen-bond acceptors (Lipinski definition) is 2. The molecule has 3 aromatic rings. The summed E-state index contributed by atoms with van der Waals surface area (Å²) in [5.41, 5.74) is 1.11. The molecule has 3 rings (SSSR count). The molecule has 0 atom stereocenters. The number of benzene rings is 2. The normalized spacial score (nSPS) is 11.7. The van der Waals surface area contributed by atoms with Gasteiger partial charge < -0.3 is 15.1 Å². The number of guanidine groups is 1. The van der Waals surface area contributed by atoms with Crippen molar-refractivity contribution in [3.05, 3.63) is 71.5 Å². The first kappa shape index (κ1) is 17.0. The SMILES string of the molecule is CN=C(NCCc1cc2ccccc2o1)NCc1cc(F)ccc1F. The number of rotatable bonds is 5. The van der Waals surface area contributed by atoms with E-state index in [4.69, 9.17) is 4.42 Å². The number of halogens is 2. The second-order valence-corrected chi connectivity index (χ2v) is 5.59. The molecular formula is C19H19F2N3O. The molecule has 0 fully saturated rings. The lowest BCUT2D eigenvalue weighted by Gasteiger charge is -2.12. The summed E-state index contributed by atoms with van der Waals surface area (Å²) in [6, 6.07) is 13.2. The van der Waals surface area contributed by atoms with Crippen molar-refractivity contribution in [1.82, 2.24) is 10.6 Å². The molecule has 1 aromatic heterocycles. The monoisotopic (exact) mass is 343 g/mol. The van der Waals surface area contributed by atoms with Crippen molar-refractivity contribution in [1.29, 1.82) is 0 Å². The fourth-order valence-corrected chi connectivity index (χ4v) is 2.54. The fourth-order valence-electron chi connectivity index (χ4n) is 2.54. The minimum absolute atomic E-state index is 0.147. The van der Waals surface area contributed by atoms with Gasteiger partial charge >= 0.3 is 0 Å². The minimum Gasteiger partial charge on any atom is -0.461 e. The summed E-state index contributed by atoms with van der Waals surface area (Å²) in [7, 11) is 1.62. The summed E-state index contributed by atoms with van der Waals surface area (Å²) in [5.74, 6) is 0.470. The van der Waals surface area contributed by atoms with Crippen LogP contribution in [0.1, 0.15) is 11.3 Å². The van der Waals surface area contributed by atoms with Crippen LogP contribution in [0.25, 0.3) is 11.0 Å². The van der Waals surface area contributed by atoms with Crippen LogP contribution in [0.15, 0.2) is 57.9 Å². The average Bonchev–Trinajstić information content (AvgIpc) is 3.03. The Bertz CT molecular complexity index is 856. The summed E-state index contributed by atoms with van der Waals surface area (Å²) in [5, 5.41) is 7.17. The lowest BCUT2D eigenvalue weighted by Crippen LogP contribution is -2.38. The molecule has 2 N–H and O–H groups in total. The summed E-state index contributed by atoms with van der Waals surface area (Å²) in [4.78, 5) is 4.08. The molecule has 2 aromatic carbocycles. The van der Waals surface area contributed by atoms with Crippen LogP contribution in [0, 0.1) is 11.6 Å². The van der Waals surface area contributed by atoms with Gasteiger partial charge in [0.1, 0.15) is 23.0 Å². The van der Waals surface area contributed by atoms with Crippen molar-refractivity contribution >= 4 is 16.9 Å². The Balaban J connectivity index is 1.51. The Hall–Kier alpha value is -2.89. The molecule has 0 unspecified atom stereocenters. The number of nitrogens with zero attached hydrogens (tertiary/aromatic N) is 1. The average molecular weight is 343 g/mol. The van der Waals surface area contributed by atoms with Crippen molar-refractivity contribution in [2.24, 2.45) is 4.99 Å². The predicted molar refractivity (Wildman–Crippen MR) is 94.5 cm³/mol. The highest BCUT2D eigenvalue weighted by molar-refractivity contribution is 5.80. The number of furan rings is 1. The van der Waals surface area contributed by atoms with Gasteiger partial charge in [0.05, 0.1) is 0 Å². The Morgan fingerprint density at radius 1 is 1.08 bits per heavy atom. The third-order valence-electron chi connectivity index (χ3n) is 3.82. The van der Waals surface area contributed by atoms with Crippen molar-refractivity contribution in [3.63, 3.8) is 0 Å². The van der Waals surface area contributed by atoms with Crippen molar-refractivity contribution < 1.29 is 13.2 Å². The van der Waals surface area contributed by atoms with Gasteiger partial charge in [-0.25, -0.2) is 8.78 Å². The first-order chi connectivity index (χ1) is 12.2. The number of nitrogens with one attached hydrogen (secondary N) is 2. The van der Waals surface area contributed by atoms with Gasteiger partial charge in [-0.2, -0.15) is 0 Å². The lowest BCUT2D eigenvalue weighted by molar-refractivity contribution is 0.544. The molecule has 1 heterocycles. The molecule has 0 aliphatic carbocycles. The number of para-hydroxylation sites is 1. The van der Waals surface area contributed by atoms with Crippen LogP contribution in [-0.4, -0.2) is 19.6 Å². The Morgan fingerprint density at radius 2 is 1.92 bits per heavy atom. The van der Waals surface area contributed by atoms with Gasteiger partial charge in [-0.1, -0.05) is 18.2 Å². The van der Waals surface area contributed by atoms with Gasteiger partial charge in [0, 0.05) is 37.5 Å². The van der Waals surface area contributed by atoms with Crippen LogP contribution < -0.4 is 10.6 Å². The zero-order valence-electron chi connectivity index (χ0n) is 13.9. The Labute approximate surface area is 144 Å². The van der Waals surface area contributed by atoms with E-state index in [1.807, 2.05) is 30.3 Å². The molecule has 25 heavy (non-hydrogen) atoms. The highest BCUT2D eigenvalue weighted by Crippen LogP contribution is 2.18. The molecule has 6 heteroatoms. The van der Waals surface area contributed by atoms with Gasteiger partial charge in [0.2, 0.25) is 0 Å². The number of fused-ring (bicyclic) bond motifs is 1. The van der Waals surface area contributed by atoms with Crippen LogP contribution in [0.3, 0.4) is 0 Å². The van der Waals surface area contributed by atoms with E-state index in [-0.39, 0.29) is 12.1 Å². The molecule has 130 valence electrons. The zero-order valence-corrected chi connectivity index (χ0v) is 13.9. The van der Waals surface area contributed by atoms with Gasteiger partial charge in [-0.3, -0.25) is 4.99 Å². The maximum absolute atomic E-state index is 13.6. The molecule has 4 nitrogen and oxygen atoms in total. The van der Waals surface area contributed by atoms with Crippen molar-refractivity contribution in [3.8, 4) is 0 Å². The number of aliphatic imine (C=N–C) groups is 1. The molecule has 0 amide bonds. The lowest BCUT2D eigenvalue weighted by atomic mass is 10.2. The van der Waals surface area contributed by atoms with E-state index in [0.29, 0.717) is 18.9 Å². The molecule has 0 aliphatic heterocycles. The summed E-state index contributed by atoms with van der Waals surface area (Å²) < 4.78 is 32.6. The third kappa shape index (κ3) is 4.35. The molecule has 0 radical (unpaired) electrons. The fraction of sp³-hybridized carbons (Fsp3) is 0.211. The first-order valence-corrected chi connectivity index (χ1v) is 8.01. The standard InChI is InChI=1S/C19H19F2N3O/c1-22-19(24-12-14-10-15(20)6-7-17(14)21)23-9-8-16-11-13-4-2-3-5-18(13)25-16/h2-7,10-11H,8-9,12H2,1H3,(H2,22,23,24). The second kappa shape index (κ2) is 7.79. The summed E-state index contributed by atoms with van der Waals surface area (Å²) >= 11 is 0. The number of hydrogen-bond donors (Lipinski definition) is 2. The quantitative estimate of drug-likeness (QED) is 0.549. The van der Waals surface area contributed by atoms with Gasteiger partial charge in [-0.05, 0) is 30.3 Å². The van der Waals surface area contributed by atoms with E-state index >= 15 is 0 Å². The topological polar surface area (TPSA) is 49.6 Å². The highest BCUT2D eigenvalue weighted by Gasteiger charge is 2.06. The Kier molecular flexibility index (Phi) is 5.28. The second-order valence-electron chi connectivity index (χ2n) is 5.59. The third-order valence-corrected chi connectivity index (χ3v) is 3.82. The maximum Gasteiger partial charge on any atom is 0.191 e. The first-order valence-electron chi connectivity index (χ1n) is 8.01. The largest absolute Gasteiger partial charge is 0.461 e. The molecule has 0 saturated carbocycles. The summed E-state index contributed by atoms with van der Waals surface area (Å²) in [6.07, 6.45) is 0.684. The smallest absolute Gasteiger partial charge is 0.191 e. The van der Waals surface area contributed by atoms with Crippen LogP contribution in [-0.2, 0) is 13.0 Å². The zero-order chi connectivity index (χ0) is 17.6. The summed E-state index contributed by atoms with van der Waals surface area (Å²) in [6.45, 7) is 0.749. The molecule has 0 spiro atoms. The van der Waals surface area contributed by atoms with Gasteiger partial charge in [0.25, 0.3) is 0 Å². The van der Waals surface area contributed by atoms with Gasteiger partial charge in [-0.15, -0.1) is 0 Å². The highest BCUT2D eigenvalue weighted by atomic mass is 19.1.